The normalized spacial score (nSPS) is 11.5. The first kappa shape index (κ1) is 20.2. The highest BCUT2D eigenvalue weighted by molar-refractivity contribution is 7.89. The molecule has 0 heterocycles. The van der Waals surface area contributed by atoms with E-state index in [0.29, 0.717) is 11.4 Å². The van der Waals surface area contributed by atoms with Crippen molar-refractivity contribution in [3.63, 3.8) is 0 Å². The van der Waals surface area contributed by atoms with Gasteiger partial charge in [0.1, 0.15) is 5.82 Å². The van der Waals surface area contributed by atoms with Gasteiger partial charge in [-0.05, 0) is 42.8 Å². The fourth-order valence-corrected chi connectivity index (χ4v) is 3.27. The number of hydrogen-bond donors (Lipinski definition) is 2. The van der Waals surface area contributed by atoms with Gasteiger partial charge in [-0.2, -0.15) is 0 Å². The Morgan fingerprint density at radius 2 is 1.85 bits per heavy atom. The van der Waals surface area contributed by atoms with Crippen molar-refractivity contribution in [2.24, 2.45) is 0 Å². The van der Waals surface area contributed by atoms with E-state index in [2.05, 4.69) is 10.6 Å². The summed E-state index contributed by atoms with van der Waals surface area (Å²) < 4.78 is 38.5. The minimum atomic E-state index is -3.60. The molecule has 0 saturated heterocycles. The topological polar surface area (TPSA) is 78.5 Å². The maximum absolute atomic E-state index is 13.0. The fraction of sp³-hybridized carbons (Fsp3) is 0.235. The third kappa shape index (κ3) is 4.72. The van der Waals surface area contributed by atoms with Gasteiger partial charge < -0.3 is 10.6 Å². The first-order chi connectivity index (χ1) is 12.1. The van der Waals surface area contributed by atoms with Crippen LogP contribution in [0.1, 0.15) is 5.56 Å². The first-order valence-corrected chi connectivity index (χ1v) is 9.45. The summed E-state index contributed by atoms with van der Waals surface area (Å²) in [6.45, 7) is 1.64. The molecule has 0 fully saturated rings. The number of hydrogen-bond acceptors (Lipinski definition) is 4. The number of rotatable bonds is 6. The molecule has 0 bridgehead atoms. The summed E-state index contributed by atoms with van der Waals surface area (Å²) in [4.78, 5) is 12.2. The summed E-state index contributed by atoms with van der Waals surface area (Å²) >= 11 is 5.89. The highest BCUT2D eigenvalue weighted by atomic mass is 35.5. The SMILES string of the molecule is Cc1ccc(S(=O)(=O)N(C)C)cc1NC(=O)CNc1ccc(F)cc1Cl. The third-order valence-corrected chi connectivity index (χ3v) is 5.76. The van der Waals surface area contributed by atoms with E-state index in [1.165, 1.54) is 38.4 Å². The van der Waals surface area contributed by atoms with Gasteiger partial charge in [-0.25, -0.2) is 17.1 Å². The van der Waals surface area contributed by atoms with Gasteiger partial charge in [0, 0.05) is 19.8 Å². The lowest BCUT2D eigenvalue weighted by Gasteiger charge is -2.15. The Morgan fingerprint density at radius 1 is 1.15 bits per heavy atom. The second-order valence-corrected chi connectivity index (χ2v) is 8.35. The van der Waals surface area contributed by atoms with Crippen LogP contribution in [0.5, 0.6) is 0 Å². The van der Waals surface area contributed by atoms with Crippen molar-refractivity contribution in [1.82, 2.24) is 4.31 Å². The van der Waals surface area contributed by atoms with Crippen molar-refractivity contribution in [2.45, 2.75) is 11.8 Å². The molecule has 0 atom stereocenters. The molecular formula is C17H19ClFN3O3S. The van der Waals surface area contributed by atoms with Crippen LogP contribution in [0, 0.1) is 12.7 Å². The van der Waals surface area contributed by atoms with Crippen molar-refractivity contribution >= 4 is 38.9 Å². The van der Waals surface area contributed by atoms with E-state index >= 15 is 0 Å². The van der Waals surface area contributed by atoms with E-state index in [4.69, 9.17) is 11.6 Å². The van der Waals surface area contributed by atoms with Gasteiger partial charge in [0.15, 0.2) is 0 Å². The number of carbonyl (C=O) groups excluding carboxylic acids is 1. The molecule has 0 aromatic heterocycles. The van der Waals surface area contributed by atoms with Crippen LogP contribution in [0.4, 0.5) is 15.8 Å². The molecule has 2 aromatic rings. The predicted octanol–water partition coefficient (Wildman–Crippen LogP) is 3.09. The van der Waals surface area contributed by atoms with Gasteiger partial charge in [-0.3, -0.25) is 4.79 Å². The molecule has 0 aliphatic carbocycles. The molecule has 0 spiro atoms. The molecule has 1 amide bonds. The third-order valence-electron chi connectivity index (χ3n) is 3.63. The Labute approximate surface area is 157 Å². The molecule has 2 N–H and O–H groups in total. The van der Waals surface area contributed by atoms with Gasteiger partial charge >= 0.3 is 0 Å². The molecule has 0 aliphatic heterocycles. The summed E-state index contributed by atoms with van der Waals surface area (Å²) in [5, 5.41) is 5.63. The average Bonchev–Trinajstić information content (AvgIpc) is 2.55. The number of aryl methyl sites for hydroxylation is 1. The van der Waals surface area contributed by atoms with Crippen LogP contribution in [-0.4, -0.2) is 39.3 Å². The van der Waals surface area contributed by atoms with Crippen LogP contribution < -0.4 is 10.6 Å². The van der Waals surface area contributed by atoms with Crippen LogP contribution in [-0.2, 0) is 14.8 Å². The van der Waals surface area contributed by atoms with Gasteiger partial charge in [-0.15, -0.1) is 0 Å². The van der Waals surface area contributed by atoms with Crippen LogP contribution in [0.2, 0.25) is 5.02 Å². The molecule has 26 heavy (non-hydrogen) atoms. The van der Waals surface area contributed by atoms with Crippen molar-refractivity contribution < 1.29 is 17.6 Å². The molecule has 0 saturated carbocycles. The molecule has 0 aliphatic rings. The number of carbonyl (C=O) groups is 1. The Morgan fingerprint density at radius 3 is 2.46 bits per heavy atom. The smallest absolute Gasteiger partial charge is 0.243 e. The van der Waals surface area contributed by atoms with Gasteiger partial charge in [0.05, 0.1) is 22.2 Å². The molecule has 140 valence electrons. The average molecular weight is 400 g/mol. The summed E-state index contributed by atoms with van der Waals surface area (Å²) in [7, 11) is -0.735. The number of nitrogens with zero attached hydrogens (tertiary/aromatic N) is 1. The van der Waals surface area contributed by atoms with Crippen LogP contribution in [0.15, 0.2) is 41.3 Å². The zero-order valence-electron chi connectivity index (χ0n) is 14.5. The Bertz CT molecular complexity index is 933. The second-order valence-electron chi connectivity index (χ2n) is 5.79. The van der Waals surface area contributed by atoms with Crippen molar-refractivity contribution in [1.29, 1.82) is 0 Å². The molecule has 0 radical (unpaired) electrons. The Kier molecular flexibility index (Phi) is 6.22. The van der Waals surface area contributed by atoms with Crippen LogP contribution >= 0.6 is 11.6 Å². The lowest BCUT2D eigenvalue weighted by Crippen LogP contribution is -2.24. The maximum Gasteiger partial charge on any atom is 0.243 e. The van der Waals surface area contributed by atoms with Gasteiger partial charge in [0.2, 0.25) is 15.9 Å². The highest BCUT2D eigenvalue weighted by Gasteiger charge is 2.18. The van der Waals surface area contributed by atoms with Gasteiger partial charge in [-0.1, -0.05) is 17.7 Å². The summed E-state index contributed by atoms with van der Waals surface area (Å²) in [5.74, 6) is -0.868. The molecule has 6 nitrogen and oxygen atoms in total. The molecule has 2 aromatic carbocycles. The molecule has 9 heteroatoms. The fourth-order valence-electron chi connectivity index (χ4n) is 2.11. The monoisotopic (exact) mass is 399 g/mol. The van der Waals surface area contributed by atoms with E-state index in [1.807, 2.05) is 0 Å². The second kappa shape index (κ2) is 8.03. The highest BCUT2D eigenvalue weighted by Crippen LogP contribution is 2.23. The number of anilines is 2. The number of amides is 1. The Hall–Kier alpha value is -2.16. The van der Waals surface area contributed by atoms with Crippen LogP contribution in [0.25, 0.3) is 0 Å². The molecular weight excluding hydrogens is 381 g/mol. The zero-order chi connectivity index (χ0) is 19.5. The van der Waals surface area contributed by atoms with Crippen molar-refractivity contribution in [2.75, 3.05) is 31.3 Å². The summed E-state index contributed by atoms with van der Waals surface area (Å²) in [6, 6.07) is 8.31. The minimum Gasteiger partial charge on any atom is -0.375 e. The first-order valence-electron chi connectivity index (χ1n) is 7.63. The Balaban J connectivity index is 2.11. The molecule has 2 rings (SSSR count). The van der Waals surface area contributed by atoms with E-state index in [-0.39, 0.29) is 16.5 Å². The predicted molar refractivity (Wildman–Crippen MR) is 101 cm³/mol. The van der Waals surface area contributed by atoms with E-state index < -0.39 is 21.7 Å². The number of benzene rings is 2. The lowest BCUT2D eigenvalue weighted by atomic mass is 10.2. The van der Waals surface area contributed by atoms with Gasteiger partial charge in [0.25, 0.3) is 0 Å². The molecule has 0 unspecified atom stereocenters. The lowest BCUT2D eigenvalue weighted by molar-refractivity contribution is -0.114. The summed E-state index contributed by atoms with van der Waals surface area (Å²) in [5.41, 5.74) is 1.53. The van der Waals surface area contributed by atoms with E-state index in [1.54, 1.807) is 13.0 Å². The van der Waals surface area contributed by atoms with Crippen LogP contribution in [0.3, 0.4) is 0 Å². The minimum absolute atomic E-state index is 0.0814. The number of nitrogens with one attached hydrogen (secondary N) is 2. The zero-order valence-corrected chi connectivity index (χ0v) is 16.1. The maximum atomic E-state index is 13.0. The quantitative estimate of drug-likeness (QED) is 0.782. The van der Waals surface area contributed by atoms with Crippen molar-refractivity contribution in [3.05, 3.63) is 52.8 Å². The largest absolute Gasteiger partial charge is 0.375 e. The number of sulfonamides is 1. The standard InChI is InChI=1S/C17H19ClFN3O3S/c1-11-4-6-13(26(24,25)22(2)3)9-16(11)21-17(23)10-20-15-7-5-12(19)8-14(15)18/h4-9,20H,10H2,1-3H3,(H,21,23). The van der Waals surface area contributed by atoms with E-state index in [0.717, 1.165) is 15.9 Å². The van der Waals surface area contributed by atoms with E-state index in [9.17, 15) is 17.6 Å². The summed E-state index contributed by atoms with van der Waals surface area (Å²) in [6.07, 6.45) is 0. The number of halogens is 2. The van der Waals surface area contributed by atoms with Crippen molar-refractivity contribution in [3.8, 4) is 0 Å².